The molecule has 1 aliphatic heterocycles. The molecule has 0 saturated carbocycles. The van der Waals surface area contributed by atoms with E-state index in [1.165, 1.54) is 10.6 Å². The fraction of sp³-hybridized carbons (Fsp3) is 0.429. The summed E-state index contributed by atoms with van der Waals surface area (Å²) in [5.74, 6) is -1.58. The zero-order valence-corrected chi connectivity index (χ0v) is 14.1. The highest BCUT2D eigenvalue weighted by atomic mass is 79.9. The van der Waals surface area contributed by atoms with E-state index < -0.39 is 17.2 Å². The maximum atomic E-state index is 14.6. The van der Waals surface area contributed by atoms with Crippen LogP contribution in [0.2, 0.25) is 5.02 Å². The number of rotatable bonds is 2. The molecule has 1 fully saturated rings. The molecule has 1 saturated heterocycles. The Hall–Kier alpha value is -1.18. The Morgan fingerprint density at radius 2 is 2.23 bits per heavy atom. The van der Waals surface area contributed by atoms with Crippen LogP contribution in [0.4, 0.5) is 4.39 Å². The van der Waals surface area contributed by atoms with Gasteiger partial charge < -0.3 is 9.32 Å². The topological polar surface area (TPSA) is 55.5 Å². The van der Waals surface area contributed by atoms with E-state index in [2.05, 4.69) is 20.8 Å². The van der Waals surface area contributed by atoms with Gasteiger partial charge in [0.1, 0.15) is 0 Å². The van der Waals surface area contributed by atoms with Crippen LogP contribution < -0.4 is 11.4 Å². The highest BCUT2D eigenvalue weighted by molar-refractivity contribution is 9.10. The van der Waals surface area contributed by atoms with E-state index in [-0.39, 0.29) is 33.0 Å². The maximum absolute atomic E-state index is 14.6. The van der Waals surface area contributed by atoms with Crippen LogP contribution in [0.25, 0.3) is 10.9 Å². The maximum Gasteiger partial charge on any atom is 0.422 e. The van der Waals surface area contributed by atoms with E-state index in [1.54, 1.807) is 0 Å². The Morgan fingerprint density at radius 1 is 1.50 bits per heavy atom. The lowest BCUT2D eigenvalue weighted by molar-refractivity contribution is 0.270. The van der Waals surface area contributed by atoms with E-state index in [0.717, 1.165) is 19.4 Å². The first-order valence-electron chi connectivity index (χ1n) is 6.81. The van der Waals surface area contributed by atoms with Gasteiger partial charge in [0.25, 0.3) is 0 Å². The van der Waals surface area contributed by atoms with Crippen molar-refractivity contribution in [1.82, 2.24) is 9.47 Å². The standard InChI is InChI=1S/C14H13BrClFN2O3/c1-18-4-2-3-7(18)6-19-12-8(13(20)22-14(19)21)5-9(16)10(15)11(12)17/h5,7H,2-4,6H2,1H3/t7-/m0/s1. The number of hydrogen-bond acceptors (Lipinski definition) is 4. The lowest BCUT2D eigenvalue weighted by atomic mass is 10.2. The highest BCUT2D eigenvalue weighted by Gasteiger charge is 2.25. The third-order valence-corrected chi connectivity index (χ3v) is 5.39. The smallest absolute Gasteiger partial charge is 0.372 e. The third kappa shape index (κ3) is 2.51. The summed E-state index contributed by atoms with van der Waals surface area (Å²) in [4.78, 5) is 26.0. The summed E-state index contributed by atoms with van der Waals surface area (Å²) in [5.41, 5.74) is -0.956. The van der Waals surface area contributed by atoms with Gasteiger partial charge in [0.2, 0.25) is 0 Å². The van der Waals surface area contributed by atoms with Gasteiger partial charge >= 0.3 is 11.4 Å². The first-order valence-corrected chi connectivity index (χ1v) is 7.98. The molecule has 3 rings (SSSR count). The molecule has 8 heteroatoms. The van der Waals surface area contributed by atoms with Crippen LogP contribution in [-0.4, -0.2) is 29.1 Å². The van der Waals surface area contributed by atoms with Gasteiger partial charge in [0.05, 0.1) is 20.4 Å². The van der Waals surface area contributed by atoms with Crippen molar-refractivity contribution in [3.05, 3.63) is 42.3 Å². The van der Waals surface area contributed by atoms with Crippen molar-refractivity contribution in [2.75, 3.05) is 13.6 Å². The first kappa shape index (κ1) is 15.7. The number of likely N-dealkylation sites (N-methyl/N-ethyl adjacent to an activating group) is 1. The molecule has 0 amide bonds. The van der Waals surface area contributed by atoms with E-state index in [0.29, 0.717) is 0 Å². The van der Waals surface area contributed by atoms with E-state index in [9.17, 15) is 14.0 Å². The van der Waals surface area contributed by atoms with Crippen molar-refractivity contribution in [2.24, 2.45) is 0 Å². The summed E-state index contributed by atoms with van der Waals surface area (Å²) in [6, 6.07) is 1.41. The summed E-state index contributed by atoms with van der Waals surface area (Å²) >= 11 is 8.93. The highest BCUT2D eigenvalue weighted by Crippen LogP contribution is 2.31. The average molecular weight is 392 g/mol. The molecule has 0 N–H and O–H groups in total. The molecule has 1 aromatic carbocycles. The first-order chi connectivity index (χ1) is 10.4. The zero-order chi connectivity index (χ0) is 16.0. The molecule has 2 aromatic rings. The van der Waals surface area contributed by atoms with Crippen LogP contribution in [0.15, 0.2) is 24.5 Å². The molecule has 0 radical (unpaired) electrons. The molecule has 0 bridgehead atoms. The Labute approximate surface area is 138 Å². The Morgan fingerprint density at radius 3 is 2.86 bits per heavy atom. The molecule has 1 atom stereocenters. The molecule has 1 aromatic heterocycles. The Balaban J connectivity index is 2.27. The predicted molar refractivity (Wildman–Crippen MR) is 85.1 cm³/mol. The number of aromatic nitrogens is 1. The minimum Gasteiger partial charge on any atom is -0.372 e. The van der Waals surface area contributed by atoms with Gasteiger partial charge in [-0.15, -0.1) is 0 Å². The normalized spacial score (nSPS) is 19.2. The lowest BCUT2D eigenvalue weighted by Gasteiger charge is -2.21. The van der Waals surface area contributed by atoms with Gasteiger partial charge in [-0.3, -0.25) is 4.57 Å². The minimum atomic E-state index is -0.885. The van der Waals surface area contributed by atoms with Crippen LogP contribution in [-0.2, 0) is 6.54 Å². The largest absolute Gasteiger partial charge is 0.422 e. The summed E-state index contributed by atoms with van der Waals surface area (Å²) in [7, 11) is 1.95. The number of fused-ring (bicyclic) bond motifs is 1. The average Bonchev–Trinajstić information content (AvgIpc) is 2.86. The minimum absolute atomic E-state index is 0.0280. The van der Waals surface area contributed by atoms with Crippen molar-refractivity contribution < 1.29 is 8.81 Å². The second-order valence-corrected chi connectivity index (χ2v) is 6.63. The van der Waals surface area contributed by atoms with Crippen LogP contribution in [0, 0.1) is 5.82 Å². The molecule has 1 aliphatic rings. The quantitative estimate of drug-likeness (QED) is 0.739. The number of halogens is 3. The lowest BCUT2D eigenvalue weighted by Crippen LogP contribution is -2.35. The van der Waals surface area contributed by atoms with Crippen LogP contribution in [0.1, 0.15) is 12.8 Å². The second kappa shape index (κ2) is 5.79. The zero-order valence-electron chi connectivity index (χ0n) is 11.7. The van der Waals surface area contributed by atoms with Gasteiger partial charge in [-0.05, 0) is 48.4 Å². The predicted octanol–water partition coefficient (Wildman–Crippen LogP) is 2.60. The van der Waals surface area contributed by atoms with Gasteiger partial charge in [0, 0.05) is 12.6 Å². The number of benzene rings is 1. The molecular weight excluding hydrogens is 379 g/mol. The second-order valence-electron chi connectivity index (χ2n) is 5.43. The van der Waals surface area contributed by atoms with Crippen molar-refractivity contribution in [3.63, 3.8) is 0 Å². The van der Waals surface area contributed by atoms with Crippen molar-refractivity contribution >= 4 is 38.4 Å². The van der Waals surface area contributed by atoms with Crippen molar-refractivity contribution in [3.8, 4) is 0 Å². The van der Waals surface area contributed by atoms with Crippen LogP contribution in [0.5, 0.6) is 0 Å². The van der Waals surface area contributed by atoms with Gasteiger partial charge in [-0.2, -0.15) is 0 Å². The van der Waals surface area contributed by atoms with Crippen molar-refractivity contribution in [2.45, 2.75) is 25.4 Å². The molecule has 22 heavy (non-hydrogen) atoms. The summed E-state index contributed by atoms with van der Waals surface area (Å²) in [6.45, 7) is 1.19. The molecule has 5 nitrogen and oxygen atoms in total. The number of nitrogens with zero attached hydrogens (tertiary/aromatic N) is 2. The SMILES string of the molecule is CN1CCC[C@H]1Cn1c(=O)oc(=O)c2cc(Cl)c(Br)c(F)c21. The third-order valence-electron chi connectivity index (χ3n) is 4.09. The van der Waals surface area contributed by atoms with E-state index in [1.807, 2.05) is 7.05 Å². The summed E-state index contributed by atoms with van der Waals surface area (Å²) in [5, 5.41) is 0.0198. The number of hydrogen-bond donors (Lipinski definition) is 0. The summed E-state index contributed by atoms with van der Waals surface area (Å²) in [6.07, 6.45) is 1.92. The fourth-order valence-corrected chi connectivity index (χ4v) is 3.37. The molecule has 0 aliphatic carbocycles. The van der Waals surface area contributed by atoms with Gasteiger partial charge in [-0.1, -0.05) is 11.6 Å². The molecular formula is C14H13BrClFN2O3. The molecule has 2 heterocycles. The van der Waals surface area contributed by atoms with E-state index >= 15 is 0 Å². The molecule has 118 valence electrons. The fourth-order valence-electron chi connectivity index (χ4n) is 2.87. The monoisotopic (exact) mass is 390 g/mol. The van der Waals surface area contributed by atoms with Gasteiger partial charge in [-0.25, -0.2) is 14.0 Å². The van der Waals surface area contributed by atoms with Crippen LogP contribution >= 0.6 is 27.5 Å². The van der Waals surface area contributed by atoms with Gasteiger partial charge in [0.15, 0.2) is 5.82 Å². The van der Waals surface area contributed by atoms with E-state index in [4.69, 9.17) is 16.0 Å². The number of likely N-dealkylation sites (tertiary alicyclic amines) is 1. The molecule has 0 unspecified atom stereocenters. The Kier molecular flexibility index (Phi) is 4.13. The van der Waals surface area contributed by atoms with Crippen molar-refractivity contribution in [1.29, 1.82) is 0 Å². The summed E-state index contributed by atoms with van der Waals surface area (Å²) < 4.78 is 20.5. The molecule has 0 spiro atoms. The Bertz CT molecular complexity index is 864. The van der Waals surface area contributed by atoms with Crippen LogP contribution in [0.3, 0.4) is 0 Å².